The van der Waals surface area contributed by atoms with Crippen LogP contribution in [0.1, 0.15) is 6.92 Å². The summed E-state index contributed by atoms with van der Waals surface area (Å²) in [4.78, 5) is 14.1. The predicted molar refractivity (Wildman–Crippen MR) is 52.0 cm³/mol. The van der Waals surface area contributed by atoms with Crippen molar-refractivity contribution in [3.8, 4) is 0 Å². The number of carbonyl (C=O) groups excluding carboxylic acids is 1. The lowest BCUT2D eigenvalue weighted by Gasteiger charge is -1.99. The molecule has 8 nitrogen and oxygen atoms in total. The van der Waals surface area contributed by atoms with Gasteiger partial charge in [-0.15, -0.1) is 0 Å². The topological polar surface area (TPSA) is 122 Å². The average Bonchev–Trinajstić information content (AvgIpc) is 2.60. The van der Waals surface area contributed by atoms with Crippen LogP contribution in [0.15, 0.2) is 20.8 Å². The lowest BCUT2D eigenvalue weighted by molar-refractivity contribution is -0.138. The molecule has 0 amide bonds. The highest BCUT2D eigenvalue weighted by molar-refractivity contribution is 7.94. The zero-order valence-electron chi connectivity index (χ0n) is 8.54. The Hall–Kier alpha value is -1.86. The van der Waals surface area contributed by atoms with E-state index in [0.717, 1.165) is 6.26 Å². The quantitative estimate of drug-likeness (QED) is 0.390. The number of hydrogen-bond donors (Lipinski definition) is 0. The van der Waals surface area contributed by atoms with Gasteiger partial charge in [-0.2, -0.15) is 0 Å². The normalized spacial score (nSPS) is 15.2. The van der Waals surface area contributed by atoms with Gasteiger partial charge >= 0.3 is 11.8 Å². The number of azo groups is 1. The molecule has 0 aliphatic carbocycles. The standard InChI is InChI=1S/C7H8N4O4S/c1-3-15-7(12)4-5(9-8)10-11-6(4)16(2,13)14/h3H2,1-2H3. The molecule has 0 aromatic heterocycles. The number of amidine groups is 1. The predicted octanol–water partition coefficient (Wildman–Crippen LogP) is -0.100. The molecule has 1 rings (SSSR count). The Balaban J connectivity index is 3.37. The van der Waals surface area contributed by atoms with Gasteiger partial charge < -0.3 is 15.1 Å². The lowest BCUT2D eigenvalue weighted by atomic mass is 10.3. The van der Waals surface area contributed by atoms with E-state index in [-0.39, 0.29) is 6.61 Å². The van der Waals surface area contributed by atoms with Gasteiger partial charge in [0, 0.05) is 6.26 Å². The SMILES string of the molecule is CCOC(=O)C1=C(S(C)(=O)=O)N=NC1=[N+]=[N-]. The molecule has 1 aliphatic heterocycles. The third-order valence-corrected chi connectivity index (χ3v) is 2.59. The molecular weight excluding hydrogens is 236 g/mol. The molecule has 0 N–H and O–H groups in total. The van der Waals surface area contributed by atoms with Crippen LogP contribution in [0.25, 0.3) is 5.53 Å². The van der Waals surface area contributed by atoms with E-state index in [1.54, 1.807) is 6.92 Å². The van der Waals surface area contributed by atoms with Crippen LogP contribution in [0, 0.1) is 0 Å². The molecule has 0 aromatic rings. The molecule has 0 radical (unpaired) electrons. The fourth-order valence-corrected chi connectivity index (χ4v) is 1.73. The largest absolute Gasteiger partial charge is 0.497 e. The first-order valence-corrected chi connectivity index (χ1v) is 6.06. The minimum absolute atomic E-state index is 0.0537. The maximum Gasteiger partial charge on any atom is 0.444 e. The van der Waals surface area contributed by atoms with E-state index in [0.29, 0.717) is 0 Å². The minimum Gasteiger partial charge on any atom is -0.497 e. The molecule has 0 saturated carbocycles. The fraction of sp³-hybridized carbons (Fsp3) is 0.429. The van der Waals surface area contributed by atoms with Gasteiger partial charge in [0.2, 0.25) is 10.6 Å². The minimum atomic E-state index is -3.73. The number of hydrogen-bond acceptors (Lipinski definition) is 5. The number of nitrogens with zero attached hydrogens (tertiary/aromatic N) is 4. The van der Waals surface area contributed by atoms with Gasteiger partial charge in [0.1, 0.15) is 0 Å². The van der Waals surface area contributed by atoms with Crippen LogP contribution in [-0.4, -0.2) is 37.9 Å². The van der Waals surface area contributed by atoms with Gasteiger partial charge in [0.15, 0.2) is 9.84 Å². The first kappa shape index (κ1) is 12.2. The molecule has 9 heteroatoms. The van der Waals surface area contributed by atoms with Crippen LogP contribution in [0.2, 0.25) is 0 Å². The third kappa shape index (κ3) is 2.20. The summed E-state index contributed by atoms with van der Waals surface area (Å²) in [6, 6.07) is 0. The Morgan fingerprint density at radius 1 is 1.50 bits per heavy atom. The van der Waals surface area contributed by atoms with E-state index in [1.165, 1.54) is 0 Å². The Kier molecular flexibility index (Phi) is 3.31. The molecule has 1 aliphatic rings. The Morgan fingerprint density at radius 2 is 2.12 bits per heavy atom. The van der Waals surface area contributed by atoms with E-state index in [4.69, 9.17) is 5.53 Å². The van der Waals surface area contributed by atoms with E-state index >= 15 is 0 Å². The summed E-state index contributed by atoms with van der Waals surface area (Å²) < 4.78 is 27.1. The molecule has 0 aromatic carbocycles. The Bertz CT molecular complexity index is 539. The summed E-state index contributed by atoms with van der Waals surface area (Å²) in [5.41, 5.74) is 8.08. The number of esters is 1. The Morgan fingerprint density at radius 3 is 2.56 bits per heavy atom. The van der Waals surface area contributed by atoms with Crippen molar-refractivity contribution >= 4 is 21.6 Å². The van der Waals surface area contributed by atoms with Crippen molar-refractivity contribution in [2.45, 2.75) is 6.92 Å². The number of rotatable bonds is 3. The highest BCUT2D eigenvalue weighted by Gasteiger charge is 2.40. The van der Waals surface area contributed by atoms with E-state index in [2.05, 4.69) is 19.8 Å². The van der Waals surface area contributed by atoms with Gasteiger partial charge in [0.25, 0.3) is 0 Å². The number of sulfone groups is 1. The van der Waals surface area contributed by atoms with Crippen LogP contribution in [0.5, 0.6) is 0 Å². The number of carbonyl (C=O) groups is 1. The summed E-state index contributed by atoms with van der Waals surface area (Å²) in [7, 11) is -3.73. The van der Waals surface area contributed by atoms with Crippen molar-refractivity contribution in [2.24, 2.45) is 10.2 Å². The average molecular weight is 244 g/mol. The van der Waals surface area contributed by atoms with Crippen LogP contribution < -0.4 is 0 Å². The number of ether oxygens (including phenoxy) is 1. The molecule has 1 heterocycles. The molecule has 0 spiro atoms. The van der Waals surface area contributed by atoms with Gasteiger partial charge in [-0.3, -0.25) is 0 Å². The van der Waals surface area contributed by atoms with Crippen LogP contribution in [0.4, 0.5) is 0 Å². The van der Waals surface area contributed by atoms with E-state index in [9.17, 15) is 13.2 Å². The van der Waals surface area contributed by atoms with Crippen molar-refractivity contribution in [1.29, 1.82) is 0 Å². The molecule has 0 bridgehead atoms. The first-order chi connectivity index (χ1) is 7.41. The van der Waals surface area contributed by atoms with Crippen LogP contribution in [0.3, 0.4) is 0 Å². The molecule has 16 heavy (non-hydrogen) atoms. The molecule has 0 unspecified atom stereocenters. The lowest BCUT2D eigenvalue weighted by Crippen LogP contribution is -2.16. The van der Waals surface area contributed by atoms with Gasteiger partial charge in [-0.25, -0.2) is 13.2 Å². The fourth-order valence-electron chi connectivity index (χ4n) is 1.000. The van der Waals surface area contributed by atoms with E-state index in [1.807, 2.05) is 0 Å². The molecule has 0 fully saturated rings. The highest BCUT2D eigenvalue weighted by atomic mass is 32.2. The van der Waals surface area contributed by atoms with Gasteiger partial charge in [-0.1, -0.05) is 0 Å². The second kappa shape index (κ2) is 4.33. The Labute approximate surface area is 91.2 Å². The second-order valence-electron chi connectivity index (χ2n) is 2.80. The zero-order chi connectivity index (χ0) is 12.3. The maximum absolute atomic E-state index is 11.4. The monoisotopic (exact) mass is 244 g/mol. The molecular formula is C7H8N4O4S. The first-order valence-electron chi connectivity index (χ1n) is 4.17. The van der Waals surface area contributed by atoms with Crippen LogP contribution >= 0.6 is 0 Å². The van der Waals surface area contributed by atoms with Crippen molar-refractivity contribution in [1.82, 2.24) is 0 Å². The molecule has 0 atom stereocenters. The molecule has 0 saturated heterocycles. The summed E-state index contributed by atoms with van der Waals surface area (Å²) in [5.74, 6) is -1.42. The van der Waals surface area contributed by atoms with Crippen molar-refractivity contribution in [3.05, 3.63) is 16.1 Å². The smallest absolute Gasteiger partial charge is 0.444 e. The third-order valence-electron chi connectivity index (χ3n) is 1.60. The summed E-state index contributed by atoms with van der Waals surface area (Å²) >= 11 is 0. The molecule has 86 valence electrons. The summed E-state index contributed by atoms with van der Waals surface area (Å²) in [6.45, 7) is 1.61. The van der Waals surface area contributed by atoms with Crippen molar-refractivity contribution in [3.63, 3.8) is 0 Å². The van der Waals surface area contributed by atoms with E-state index < -0.39 is 32.2 Å². The summed E-state index contributed by atoms with van der Waals surface area (Å²) in [5, 5.41) is 5.97. The van der Waals surface area contributed by atoms with Crippen LogP contribution in [-0.2, 0) is 19.4 Å². The van der Waals surface area contributed by atoms with Gasteiger partial charge in [0.05, 0.1) is 11.7 Å². The zero-order valence-corrected chi connectivity index (χ0v) is 9.35. The maximum atomic E-state index is 11.4. The summed E-state index contributed by atoms with van der Waals surface area (Å²) in [6.07, 6.45) is 0.862. The van der Waals surface area contributed by atoms with Crippen molar-refractivity contribution < 1.29 is 22.7 Å². The van der Waals surface area contributed by atoms with Gasteiger partial charge in [-0.05, 0) is 12.0 Å². The second-order valence-corrected chi connectivity index (χ2v) is 4.73. The highest BCUT2D eigenvalue weighted by Crippen LogP contribution is 2.22. The van der Waals surface area contributed by atoms with Crippen molar-refractivity contribution in [2.75, 3.05) is 12.9 Å².